The van der Waals surface area contributed by atoms with E-state index in [1.54, 1.807) is 14.2 Å². The number of H-pyrrole nitrogens is 1. The molecule has 0 aliphatic heterocycles. The highest BCUT2D eigenvalue weighted by molar-refractivity contribution is 6.09. The Hall–Kier alpha value is -2.16. The highest BCUT2D eigenvalue weighted by Gasteiger charge is 2.11. The minimum Gasteiger partial charge on any atom is -0.493 e. The first-order chi connectivity index (χ1) is 8.74. The Labute approximate surface area is 105 Å². The number of ether oxygens (including phenoxy) is 2. The second-order valence-electron chi connectivity index (χ2n) is 4.38. The maximum atomic E-state index is 5.35. The van der Waals surface area contributed by atoms with Crippen molar-refractivity contribution in [1.82, 2.24) is 4.98 Å². The second-order valence-corrected chi connectivity index (χ2v) is 4.38. The Morgan fingerprint density at radius 1 is 0.944 bits per heavy atom. The van der Waals surface area contributed by atoms with Crippen LogP contribution < -0.4 is 9.47 Å². The zero-order chi connectivity index (χ0) is 12.7. The van der Waals surface area contributed by atoms with E-state index < -0.39 is 0 Å². The number of nitrogens with one attached hydrogen (secondary N) is 1. The molecule has 1 heterocycles. The Kier molecular flexibility index (Phi) is 2.40. The average molecular weight is 241 g/mol. The number of hydrogen-bond donors (Lipinski definition) is 1. The SMILES string of the molecule is COc1cc2[nH]c3c(C)cccc3c2cc1OC. The predicted octanol–water partition coefficient (Wildman–Crippen LogP) is 3.65. The summed E-state index contributed by atoms with van der Waals surface area (Å²) in [6, 6.07) is 10.3. The van der Waals surface area contributed by atoms with Gasteiger partial charge >= 0.3 is 0 Å². The summed E-state index contributed by atoms with van der Waals surface area (Å²) in [5.41, 5.74) is 3.47. The van der Waals surface area contributed by atoms with E-state index in [1.165, 1.54) is 16.5 Å². The summed E-state index contributed by atoms with van der Waals surface area (Å²) < 4.78 is 10.7. The van der Waals surface area contributed by atoms with Crippen LogP contribution in [0.4, 0.5) is 0 Å². The van der Waals surface area contributed by atoms with Crippen molar-refractivity contribution in [3.8, 4) is 11.5 Å². The smallest absolute Gasteiger partial charge is 0.162 e. The largest absolute Gasteiger partial charge is 0.493 e. The molecule has 0 saturated heterocycles. The van der Waals surface area contributed by atoms with Crippen LogP contribution >= 0.6 is 0 Å². The number of hydrogen-bond acceptors (Lipinski definition) is 2. The first kappa shape index (κ1) is 11.0. The van der Waals surface area contributed by atoms with Crippen molar-refractivity contribution >= 4 is 21.8 Å². The van der Waals surface area contributed by atoms with Gasteiger partial charge in [-0.1, -0.05) is 18.2 Å². The first-order valence-electron chi connectivity index (χ1n) is 5.87. The summed E-state index contributed by atoms with van der Waals surface area (Å²) >= 11 is 0. The number of rotatable bonds is 2. The fraction of sp³-hybridized carbons (Fsp3) is 0.200. The molecule has 1 aromatic heterocycles. The molecule has 0 spiro atoms. The van der Waals surface area contributed by atoms with Gasteiger partial charge in [0.05, 0.1) is 19.7 Å². The normalized spacial score (nSPS) is 11.1. The van der Waals surface area contributed by atoms with Crippen molar-refractivity contribution in [2.45, 2.75) is 6.92 Å². The minimum absolute atomic E-state index is 0.745. The Morgan fingerprint density at radius 2 is 1.67 bits per heavy atom. The van der Waals surface area contributed by atoms with Gasteiger partial charge in [-0.05, 0) is 18.6 Å². The summed E-state index contributed by atoms with van der Waals surface area (Å²) in [5, 5.41) is 2.37. The van der Waals surface area contributed by atoms with Crippen LogP contribution in [0.1, 0.15) is 5.56 Å². The van der Waals surface area contributed by atoms with Crippen molar-refractivity contribution in [2.75, 3.05) is 14.2 Å². The molecule has 3 heteroatoms. The highest BCUT2D eigenvalue weighted by atomic mass is 16.5. The first-order valence-corrected chi connectivity index (χ1v) is 5.87. The van der Waals surface area contributed by atoms with Crippen LogP contribution in [0.5, 0.6) is 11.5 Å². The molecule has 0 aliphatic rings. The Balaban J connectivity index is 2.44. The zero-order valence-corrected chi connectivity index (χ0v) is 10.7. The monoisotopic (exact) mass is 241 g/mol. The zero-order valence-electron chi connectivity index (χ0n) is 10.7. The lowest BCUT2D eigenvalue weighted by atomic mass is 10.1. The molecule has 0 unspecified atom stereocenters. The van der Waals surface area contributed by atoms with E-state index in [0.717, 1.165) is 22.4 Å². The van der Waals surface area contributed by atoms with Gasteiger partial charge in [0.2, 0.25) is 0 Å². The second kappa shape index (κ2) is 3.95. The maximum absolute atomic E-state index is 5.35. The van der Waals surface area contributed by atoms with Gasteiger partial charge in [0.25, 0.3) is 0 Å². The molecule has 3 rings (SSSR count). The number of aryl methyl sites for hydroxylation is 1. The standard InChI is InChI=1S/C15H15NO2/c1-9-5-4-6-10-11-7-13(17-2)14(18-3)8-12(11)16-15(9)10/h4-8,16H,1-3H3. The number of para-hydroxylation sites is 1. The fourth-order valence-electron chi connectivity index (χ4n) is 2.40. The molecule has 0 radical (unpaired) electrons. The highest BCUT2D eigenvalue weighted by Crippen LogP contribution is 2.36. The van der Waals surface area contributed by atoms with Crippen molar-refractivity contribution in [3.63, 3.8) is 0 Å². The molecule has 0 atom stereocenters. The molecule has 0 bridgehead atoms. The molecule has 0 aliphatic carbocycles. The molecule has 0 fully saturated rings. The van der Waals surface area contributed by atoms with Crippen LogP contribution in [0.3, 0.4) is 0 Å². The summed E-state index contributed by atoms with van der Waals surface area (Å²) in [6.07, 6.45) is 0. The molecular weight excluding hydrogens is 226 g/mol. The number of methoxy groups -OCH3 is 2. The third-order valence-electron chi connectivity index (χ3n) is 3.35. The van der Waals surface area contributed by atoms with E-state index in [2.05, 4.69) is 30.1 Å². The number of aromatic amines is 1. The molecular formula is C15H15NO2. The van der Waals surface area contributed by atoms with Crippen LogP contribution in [0.25, 0.3) is 21.8 Å². The van der Waals surface area contributed by atoms with E-state index in [1.807, 2.05) is 12.1 Å². The third-order valence-corrected chi connectivity index (χ3v) is 3.35. The van der Waals surface area contributed by atoms with Gasteiger partial charge in [0.1, 0.15) is 0 Å². The van der Waals surface area contributed by atoms with Gasteiger partial charge in [-0.15, -0.1) is 0 Å². The Bertz CT molecular complexity index is 728. The quantitative estimate of drug-likeness (QED) is 0.743. The lowest BCUT2D eigenvalue weighted by Crippen LogP contribution is -1.89. The van der Waals surface area contributed by atoms with Crippen LogP contribution in [0.15, 0.2) is 30.3 Å². The van der Waals surface area contributed by atoms with Gasteiger partial charge in [0, 0.05) is 22.4 Å². The lowest BCUT2D eigenvalue weighted by molar-refractivity contribution is 0.356. The number of fused-ring (bicyclic) bond motifs is 3. The average Bonchev–Trinajstić information content (AvgIpc) is 2.76. The van der Waals surface area contributed by atoms with E-state index in [-0.39, 0.29) is 0 Å². The van der Waals surface area contributed by atoms with Gasteiger partial charge in [-0.3, -0.25) is 0 Å². The summed E-state index contributed by atoms with van der Waals surface area (Å²) in [4.78, 5) is 3.44. The summed E-state index contributed by atoms with van der Waals surface area (Å²) in [6.45, 7) is 2.10. The molecule has 0 saturated carbocycles. The Morgan fingerprint density at radius 3 is 2.39 bits per heavy atom. The molecule has 3 nitrogen and oxygen atoms in total. The van der Waals surface area contributed by atoms with E-state index in [4.69, 9.17) is 9.47 Å². The molecule has 1 N–H and O–H groups in total. The van der Waals surface area contributed by atoms with Crippen LogP contribution in [0.2, 0.25) is 0 Å². The van der Waals surface area contributed by atoms with Crippen molar-refractivity contribution < 1.29 is 9.47 Å². The molecule has 18 heavy (non-hydrogen) atoms. The van der Waals surface area contributed by atoms with Crippen LogP contribution in [-0.2, 0) is 0 Å². The molecule has 92 valence electrons. The van der Waals surface area contributed by atoms with Gasteiger partial charge in [0.15, 0.2) is 11.5 Å². The predicted molar refractivity (Wildman–Crippen MR) is 73.6 cm³/mol. The van der Waals surface area contributed by atoms with Crippen molar-refractivity contribution in [3.05, 3.63) is 35.9 Å². The van der Waals surface area contributed by atoms with Gasteiger partial charge in [-0.2, -0.15) is 0 Å². The molecule has 0 amide bonds. The molecule has 3 aromatic rings. The number of aromatic nitrogens is 1. The van der Waals surface area contributed by atoms with Crippen molar-refractivity contribution in [1.29, 1.82) is 0 Å². The lowest BCUT2D eigenvalue weighted by Gasteiger charge is -2.07. The maximum Gasteiger partial charge on any atom is 0.162 e. The van der Waals surface area contributed by atoms with Gasteiger partial charge < -0.3 is 14.5 Å². The van der Waals surface area contributed by atoms with Crippen molar-refractivity contribution in [2.24, 2.45) is 0 Å². The van der Waals surface area contributed by atoms with E-state index in [9.17, 15) is 0 Å². The topological polar surface area (TPSA) is 34.2 Å². The third kappa shape index (κ3) is 1.44. The van der Waals surface area contributed by atoms with Gasteiger partial charge in [-0.25, -0.2) is 0 Å². The van der Waals surface area contributed by atoms with E-state index in [0.29, 0.717) is 0 Å². The molecule has 2 aromatic carbocycles. The van der Waals surface area contributed by atoms with Crippen LogP contribution in [-0.4, -0.2) is 19.2 Å². The van der Waals surface area contributed by atoms with E-state index >= 15 is 0 Å². The van der Waals surface area contributed by atoms with Crippen LogP contribution in [0, 0.1) is 6.92 Å². The fourth-order valence-corrected chi connectivity index (χ4v) is 2.40. The number of benzene rings is 2. The summed E-state index contributed by atoms with van der Waals surface area (Å²) in [5.74, 6) is 1.50. The summed E-state index contributed by atoms with van der Waals surface area (Å²) in [7, 11) is 3.31. The minimum atomic E-state index is 0.745.